The fourth-order valence-electron chi connectivity index (χ4n) is 9.36. The lowest BCUT2D eigenvalue weighted by atomic mass is 9.99. The second-order valence-electron chi connectivity index (χ2n) is 15.7. The summed E-state index contributed by atoms with van der Waals surface area (Å²) < 4.78 is 11.5. The van der Waals surface area contributed by atoms with Gasteiger partial charge in [0.05, 0.1) is 27.9 Å². The Balaban J connectivity index is 0.988. The van der Waals surface area contributed by atoms with E-state index in [1.54, 1.807) is 0 Å². The largest absolute Gasteiger partial charge is 0.457 e. The van der Waals surface area contributed by atoms with Gasteiger partial charge in [-0.05, 0) is 76.9 Å². The standard InChI is InChI=1S/C55H39N5O/c1-57-48-26-13-11-24-44(48)47-35-56-54(34-51(47)57)60-49-27-14-12-25-45(49)55-46(38-18-7-3-8-19-38)32-43(33-53(55)60)61-42-23-15-22-41(31-42)59-36-58(40-20-9-4-10-21-40)52-30-39(28-29-50(52)59)37-16-5-2-6-17-37/h2-35H,36H2,1H3. The number of aromatic nitrogens is 3. The molecule has 0 N–H and O–H groups in total. The number of hydrogen-bond donors (Lipinski definition) is 0. The fraction of sp³-hybridized carbons (Fsp3) is 0.0364. The third-order valence-electron chi connectivity index (χ3n) is 12.2. The molecule has 8 aromatic carbocycles. The van der Waals surface area contributed by atoms with Gasteiger partial charge in [0.15, 0.2) is 0 Å². The molecule has 1 aliphatic heterocycles. The molecule has 3 aromatic heterocycles. The van der Waals surface area contributed by atoms with Crippen molar-refractivity contribution in [2.75, 3.05) is 16.5 Å². The Bertz CT molecular complexity index is 3450. The summed E-state index contributed by atoms with van der Waals surface area (Å²) in [4.78, 5) is 9.91. The lowest BCUT2D eigenvalue weighted by molar-refractivity contribution is 0.483. The maximum Gasteiger partial charge on any atom is 0.139 e. The molecule has 290 valence electrons. The van der Waals surface area contributed by atoms with Crippen molar-refractivity contribution in [1.29, 1.82) is 0 Å². The van der Waals surface area contributed by atoms with Crippen molar-refractivity contribution in [2.45, 2.75) is 0 Å². The van der Waals surface area contributed by atoms with Gasteiger partial charge in [-0.15, -0.1) is 0 Å². The van der Waals surface area contributed by atoms with Crippen LogP contribution in [0.25, 0.3) is 71.7 Å². The first-order valence-corrected chi connectivity index (χ1v) is 20.7. The van der Waals surface area contributed by atoms with Crippen LogP contribution >= 0.6 is 0 Å². The van der Waals surface area contributed by atoms with Crippen molar-refractivity contribution in [3.8, 4) is 39.6 Å². The van der Waals surface area contributed by atoms with Gasteiger partial charge in [0.1, 0.15) is 24.0 Å². The van der Waals surface area contributed by atoms with Gasteiger partial charge >= 0.3 is 0 Å². The Hall–Kier alpha value is -8.09. The SMILES string of the molecule is Cn1c2ccccc2c2cnc(-n3c4ccccc4c4c(-c5ccccc5)cc(Oc5cccc(N6CN(c7ccccc7)c7cc(-c8ccccc8)ccc76)c5)cc43)cc21. The van der Waals surface area contributed by atoms with Gasteiger partial charge in [0, 0.05) is 69.9 Å². The molecule has 0 saturated heterocycles. The zero-order chi connectivity index (χ0) is 40.4. The lowest BCUT2D eigenvalue weighted by Crippen LogP contribution is -2.23. The molecular formula is C55H39N5O. The summed E-state index contributed by atoms with van der Waals surface area (Å²) in [6.07, 6.45) is 2.02. The zero-order valence-corrected chi connectivity index (χ0v) is 33.5. The molecular weight excluding hydrogens is 747 g/mol. The van der Waals surface area contributed by atoms with Gasteiger partial charge in [0.2, 0.25) is 0 Å². The number of nitrogens with zero attached hydrogens (tertiary/aromatic N) is 5. The van der Waals surface area contributed by atoms with Crippen molar-refractivity contribution >= 4 is 66.4 Å². The third-order valence-corrected chi connectivity index (χ3v) is 12.2. The lowest BCUT2D eigenvalue weighted by Gasteiger charge is -2.22. The number of hydrogen-bond acceptors (Lipinski definition) is 4. The van der Waals surface area contributed by atoms with Gasteiger partial charge in [-0.1, -0.05) is 127 Å². The van der Waals surface area contributed by atoms with Gasteiger partial charge in [-0.25, -0.2) is 4.98 Å². The summed E-state index contributed by atoms with van der Waals surface area (Å²) in [5.41, 5.74) is 13.6. The molecule has 0 saturated carbocycles. The number of para-hydroxylation sites is 3. The highest BCUT2D eigenvalue weighted by Gasteiger charge is 2.29. The summed E-state index contributed by atoms with van der Waals surface area (Å²) in [5.74, 6) is 2.36. The second kappa shape index (κ2) is 14.0. The van der Waals surface area contributed by atoms with Crippen LogP contribution in [0.4, 0.5) is 22.7 Å². The molecule has 0 fully saturated rings. The molecule has 0 atom stereocenters. The molecule has 0 bridgehead atoms. The minimum Gasteiger partial charge on any atom is -0.457 e. The van der Waals surface area contributed by atoms with Crippen molar-refractivity contribution in [1.82, 2.24) is 14.1 Å². The van der Waals surface area contributed by atoms with E-state index in [1.807, 2.05) is 12.3 Å². The summed E-state index contributed by atoms with van der Waals surface area (Å²) in [7, 11) is 2.13. The van der Waals surface area contributed by atoms with E-state index < -0.39 is 0 Å². The topological polar surface area (TPSA) is 38.5 Å². The molecule has 0 radical (unpaired) electrons. The van der Waals surface area contributed by atoms with Crippen LogP contribution in [0.5, 0.6) is 11.5 Å². The van der Waals surface area contributed by atoms with Crippen LogP contribution in [0.3, 0.4) is 0 Å². The Morgan fingerprint density at radius 3 is 1.92 bits per heavy atom. The predicted octanol–water partition coefficient (Wildman–Crippen LogP) is 14.2. The highest BCUT2D eigenvalue weighted by molar-refractivity contribution is 6.16. The van der Waals surface area contributed by atoms with E-state index in [0.29, 0.717) is 6.67 Å². The van der Waals surface area contributed by atoms with E-state index in [2.05, 4.69) is 220 Å². The van der Waals surface area contributed by atoms with E-state index in [9.17, 15) is 0 Å². The summed E-state index contributed by atoms with van der Waals surface area (Å²) in [6, 6.07) is 70.8. The van der Waals surface area contributed by atoms with E-state index in [-0.39, 0.29) is 0 Å². The molecule has 6 nitrogen and oxygen atoms in total. The van der Waals surface area contributed by atoms with Crippen LogP contribution < -0.4 is 14.5 Å². The highest BCUT2D eigenvalue weighted by atomic mass is 16.5. The van der Waals surface area contributed by atoms with Crippen LogP contribution in [0.1, 0.15) is 0 Å². The molecule has 11 aromatic rings. The molecule has 0 unspecified atom stereocenters. The number of benzene rings is 8. The number of fused-ring (bicyclic) bond motifs is 7. The van der Waals surface area contributed by atoms with Crippen molar-refractivity contribution in [3.63, 3.8) is 0 Å². The summed E-state index contributed by atoms with van der Waals surface area (Å²) in [6.45, 7) is 0.666. The Labute approximate surface area is 353 Å². The molecule has 0 amide bonds. The van der Waals surface area contributed by atoms with E-state index in [0.717, 1.165) is 78.2 Å². The Morgan fingerprint density at radius 1 is 0.443 bits per heavy atom. The van der Waals surface area contributed by atoms with Crippen LogP contribution in [0.15, 0.2) is 206 Å². The first-order valence-electron chi connectivity index (χ1n) is 20.7. The van der Waals surface area contributed by atoms with Crippen molar-refractivity contribution in [3.05, 3.63) is 206 Å². The zero-order valence-electron chi connectivity index (χ0n) is 33.5. The number of ether oxygens (including phenoxy) is 1. The van der Waals surface area contributed by atoms with Crippen LogP contribution in [-0.4, -0.2) is 20.8 Å². The predicted molar refractivity (Wildman–Crippen MR) is 252 cm³/mol. The minimum atomic E-state index is 0.666. The van der Waals surface area contributed by atoms with E-state index >= 15 is 0 Å². The first kappa shape index (κ1) is 34.9. The molecule has 0 aliphatic carbocycles. The van der Waals surface area contributed by atoms with Crippen LogP contribution in [0.2, 0.25) is 0 Å². The van der Waals surface area contributed by atoms with Crippen LogP contribution in [-0.2, 0) is 7.05 Å². The molecule has 61 heavy (non-hydrogen) atoms. The number of pyridine rings is 1. The van der Waals surface area contributed by atoms with E-state index in [4.69, 9.17) is 9.72 Å². The maximum atomic E-state index is 6.96. The van der Waals surface area contributed by atoms with Crippen LogP contribution in [0, 0.1) is 0 Å². The first-order chi connectivity index (χ1) is 30.2. The molecule has 12 rings (SSSR count). The van der Waals surface area contributed by atoms with Crippen molar-refractivity contribution < 1.29 is 4.74 Å². The highest BCUT2D eigenvalue weighted by Crippen LogP contribution is 2.47. The average molecular weight is 786 g/mol. The summed E-state index contributed by atoms with van der Waals surface area (Å²) >= 11 is 0. The quantitative estimate of drug-likeness (QED) is 0.161. The summed E-state index contributed by atoms with van der Waals surface area (Å²) in [5, 5.41) is 4.66. The Kier molecular flexibility index (Phi) is 8.03. The molecule has 1 aliphatic rings. The van der Waals surface area contributed by atoms with E-state index in [1.165, 1.54) is 27.7 Å². The van der Waals surface area contributed by atoms with Gasteiger partial charge in [-0.2, -0.15) is 0 Å². The van der Waals surface area contributed by atoms with Crippen molar-refractivity contribution in [2.24, 2.45) is 7.05 Å². The number of rotatable bonds is 7. The van der Waals surface area contributed by atoms with Gasteiger partial charge in [0.25, 0.3) is 0 Å². The fourth-order valence-corrected chi connectivity index (χ4v) is 9.36. The molecule has 0 spiro atoms. The smallest absolute Gasteiger partial charge is 0.139 e. The monoisotopic (exact) mass is 785 g/mol. The molecule has 4 heterocycles. The maximum absolute atomic E-state index is 6.96. The third kappa shape index (κ3) is 5.75. The molecule has 6 heteroatoms. The normalized spacial score (nSPS) is 12.5. The second-order valence-corrected chi connectivity index (χ2v) is 15.7. The average Bonchev–Trinajstić information content (AvgIpc) is 3.97. The Morgan fingerprint density at radius 2 is 1.11 bits per heavy atom. The van der Waals surface area contributed by atoms with Gasteiger partial charge < -0.3 is 19.1 Å². The minimum absolute atomic E-state index is 0.666. The number of aryl methyl sites for hydroxylation is 1. The van der Waals surface area contributed by atoms with Gasteiger partial charge in [-0.3, -0.25) is 4.57 Å². The number of anilines is 4.